The summed E-state index contributed by atoms with van der Waals surface area (Å²) in [5.41, 5.74) is 3.76. The number of amides is 2. The van der Waals surface area contributed by atoms with Gasteiger partial charge >= 0.3 is 6.03 Å². The van der Waals surface area contributed by atoms with E-state index < -0.39 is 21.6 Å². The molecule has 1 aliphatic carbocycles. The first-order valence-electron chi connectivity index (χ1n) is 11.7. The van der Waals surface area contributed by atoms with Gasteiger partial charge < -0.3 is 14.8 Å². The van der Waals surface area contributed by atoms with Crippen LogP contribution in [-0.2, 0) is 33.1 Å². The Balaban J connectivity index is 1.49. The van der Waals surface area contributed by atoms with Crippen LogP contribution in [0.3, 0.4) is 0 Å². The third kappa shape index (κ3) is 3.94. The molecule has 182 valence electrons. The van der Waals surface area contributed by atoms with Gasteiger partial charge in [0.1, 0.15) is 12.1 Å². The van der Waals surface area contributed by atoms with Gasteiger partial charge in [-0.15, -0.1) is 0 Å². The predicted molar refractivity (Wildman–Crippen MR) is 127 cm³/mol. The monoisotopic (exact) mass is 495 g/mol. The van der Waals surface area contributed by atoms with Gasteiger partial charge in [0.15, 0.2) is 5.03 Å². The second-order valence-corrected chi connectivity index (χ2v) is 10.8. The van der Waals surface area contributed by atoms with Crippen LogP contribution in [0.15, 0.2) is 47.8 Å². The van der Waals surface area contributed by atoms with E-state index in [4.69, 9.17) is 9.47 Å². The first kappa shape index (κ1) is 22.1. The predicted octanol–water partition coefficient (Wildman–Crippen LogP) is 2.84. The first-order valence-corrected chi connectivity index (χ1v) is 13.1. The zero-order chi connectivity index (χ0) is 24.0. The molecule has 35 heavy (non-hydrogen) atoms. The molecule has 11 heteroatoms. The van der Waals surface area contributed by atoms with E-state index in [1.807, 2.05) is 18.2 Å². The van der Waals surface area contributed by atoms with Gasteiger partial charge in [0, 0.05) is 37.2 Å². The van der Waals surface area contributed by atoms with Crippen LogP contribution in [0.5, 0.6) is 5.88 Å². The van der Waals surface area contributed by atoms with Crippen LogP contribution in [0.2, 0.25) is 0 Å². The number of sulfonamides is 1. The molecule has 0 atom stereocenters. The standard InChI is InChI=1S/C24H25N5O5S/c30-23-26-22-18-3-1-2-16(18)4-5-19(22)17-6-10-25-20(14-17)34-15-24(8-12-33-13-9-24)29-11-7-21(27-29)35(31,32)28-23/h4-7,10-11,14H,1-3,8-9,12-13,15H2,(H2,26,28,30). The molecule has 4 bridgehead atoms. The molecule has 0 radical (unpaired) electrons. The molecular formula is C24H25N5O5S. The molecule has 0 saturated carbocycles. The Morgan fingerprint density at radius 3 is 2.80 bits per heavy atom. The molecule has 2 amide bonds. The number of carbonyl (C=O) groups is 1. The lowest BCUT2D eigenvalue weighted by Gasteiger charge is -2.37. The number of fused-ring (bicyclic) bond motifs is 9. The lowest BCUT2D eigenvalue weighted by molar-refractivity contribution is -0.0100. The van der Waals surface area contributed by atoms with Gasteiger partial charge in [-0.05, 0) is 60.9 Å². The summed E-state index contributed by atoms with van der Waals surface area (Å²) < 4.78 is 41.5. The summed E-state index contributed by atoms with van der Waals surface area (Å²) in [4.78, 5) is 17.3. The van der Waals surface area contributed by atoms with Gasteiger partial charge in [0.2, 0.25) is 5.88 Å². The number of carbonyl (C=O) groups excluding carboxylic acids is 1. The van der Waals surface area contributed by atoms with Crippen molar-refractivity contribution in [2.75, 3.05) is 25.1 Å². The molecule has 2 N–H and O–H groups in total. The number of rotatable bonds is 0. The fraction of sp³-hybridized carbons (Fsp3) is 0.375. The highest BCUT2D eigenvalue weighted by Crippen LogP contribution is 2.38. The number of aromatic nitrogens is 3. The van der Waals surface area contributed by atoms with Crippen molar-refractivity contribution < 1.29 is 22.7 Å². The number of hydrogen-bond acceptors (Lipinski definition) is 7. The Bertz CT molecular complexity index is 1410. The highest BCUT2D eigenvalue weighted by atomic mass is 32.2. The van der Waals surface area contributed by atoms with E-state index in [1.165, 1.54) is 6.07 Å². The molecule has 2 aromatic heterocycles. The summed E-state index contributed by atoms with van der Waals surface area (Å²) in [7, 11) is -4.19. The van der Waals surface area contributed by atoms with Crippen molar-refractivity contribution in [1.29, 1.82) is 0 Å². The fourth-order valence-electron chi connectivity index (χ4n) is 5.13. The highest BCUT2D eigenvalue weighted by molar-refractivity contribution is 7.90. The average molecular weight is 496 g/mol. The van der Waals surface area contributed by atoms with Crippen LogP contribution < -0.4 is 14.8 Å². The molecule has 10 nitrogen and oxygen atoms in total. The van der Waals surface area contributed by atoms with Crippen LogP contribution in [0.1, 0.15) is 30.4 Å². The molecule has 1 spiro atoms. The number of nitrogens with one attached hydrogen (secondary N) is 2. The number of anilines is 1. The summed E-state index contributed by atoms with van der Waals surface area (Å²) in [6.07, 6.45) is 7.16. The van der Waals surface area contributed by atoms with Crippen molar-refractivity contribution in [3.05, 3.63) is 53.9 Å². The summed E-state index contributed by atoms with van der Waals surface area (Å²) in [5, 5.41) is 6.93. The number of hydrogen-bond donors (Lipinski definition) is 2. The van der Waals surface area contributed by atoms with Crippen LogP contribution in [0.25, 0.3) is 11.1 Å². The molecule has 0 unspecified atom stereocenters. The molecule has 2 aliphatic heterocycles. The maximum Gasteiger partial charge on any atom is 0.333 e. The van der Waals surface area contributed by atoms with E-state index in [0.717, 1.165) is 41.5 Å². The second-order valence-electron chi connectivity index (χ2n) is 9.15. The Morgan fingerprint density at radius 2 is 1.94 bits per heavy atom. The van der Waals surface area contributed by atoms with Crippen molar-refractivity contribution in [3.63, 3.8) is 0 Å². The van der Waals surface area contributed by atoms with E-state index in [-0.39, 0.29) is 11.6 Å². The minimum Gasteiger partial charge on any atom is -0.475 e. The molecule has 1 saturated heterocycles. The number of benzene rings is 1. The quantitative estimate of drug-likeness (QED) is 0.491. The van der Waals surface area contributed by atoms with Crippen molar-refractivity contribution in [2.24, 2.45) is 0 Å². The molecule has 1 aromatic carbocycles. The van der Waals surface area contributed by atoms with Crippen LogP contribution in [-0.4, -0.2) is 49.0 Å². The minimum absolute atomic E-state index is 0.231. The van der Waals surface area contributed by atoms with Crippen LogP contribution >= 0.6 is 0 Å². The van der Waals surface area contributed by atoms with Gasteiger partial charge in [0.25, 0.3) is 10.0 Å². The number of pyridine rings is 1. The number of aryl methyl sites for hydroxylation is 1. The van der Waals surface area contributed by atoms with Crippen LogP contribution in [0.4, 0.5) is 10.5 Å². The maximum atomic E-state index is 13.0. The van der Waals surface area contributed by atoms with Gasteiger partial charge in [-0.2, -0.15) is 13.5 Å². The van der Waals surface area contributed by atoms with Crippen LogP contribution in [0, 0.1) is 0 Å². The van der Waals surface area contributed by atoms with Gasteiger partial charge in [-0.25, -0.2) is 14.5 Å². The molecule has 3 aliphatic rings. The summed E-state index contributed by atoms with van der Waals surface area (Å²) in [6, 6.07) is 8.27. The van der Waals surface area contributed by atoms with Gasteiger partial charge in [-0.1, -0.05) is 12.1 Å². The van der Waals surface area contributed by atoms with E-state index in [0.29, 0.717) is 37.6 Å². The largest absolute Gasteiger partial charge is 0.475 e. The molecule has 1 fully saturated rings. The van der Waals surface area contributed by atoms with E-state index in [1.54, 1.807) is 17.1 Å². The number of nitrogens with zero attached hydrogens (tertiary/aromatic N) is 3. The first-order chi connectivity index (χ1) is 16.9. The third-order valence-corrected chi connectivity index (χ3v) is 8.25. The van der Waals surface area contributed by atoms with E-state index in [9.17, 15) is 13.2 Å². The lowest BCUT2D eigenvalue weighted by Crippen LogP contribution is -2.45. The molecular weight excluding hydrogens is 470 g/mol. The second kappa shape index (κ2) is 8.35. The van der Waals surface area contributed by atoms with E-state index >= 15 is 0 Å². The zero-order valence-electron chi connectivity index (χ0n) is 19.0. The Labute approximate surface area is 202 Å². The average Bonchev–Trinajstić information content (AvgIpc) is 3.54. The zero-order valence-corrected chi connectivity index (χ0v) is 19.8. The van der Waals surface area contributed by atoms with Crippen molar-refractivity contribution >= 4 is 21.7 Å². The molecule has 4 heterocycles. The summed E-state index contributed by atoms with van der Waals surface area (Å²) >= 11 is 0. The third-order valence-electron chi connectivity index (χ3n) is 7.03. The molecule has 3 aromatic rings. The van der Waals surface area contributed by atoms with Gasteiger partial charge in [-0.3, -0.25) is 4.68 Å². The van der Waals surface area contributed by atoms with Gasteiger partial charge in [0.05, 0.1) is 5.69 Å². The molecule has 6 rings (SSSR count). The lowest BCUT2D eigenvalue weighted by atomic mass is 9.91. The van der Waals surface area contributed by atoms with Crippen molar-refractivity contribution in [2.45, 2.75) is 42.7 Å². The minimum atomic E-state index is -4.19. The SMILES string of the molecule is O=C1Nc2c(ccc3c2CCC3)-c2ccnc(c2)OCC2(CCOCC2)n2ccc(n2)S(=O)(=O)N1. The van der Waals surface area contributed by atoms with Crippen molar-refractivity contribution in [3.8, 4) is 17.0 Å². The Morgan fingerprint density at radius 1 is 1.09 bits per heavy atom. The normalized spacial score (nSPS) is 20.4. The Hall–Kier alpha value is -3.44. The summed E-state index contributed by atoms with van der Waals surface area (Å²) in [6.45, 7) is 1.24. The van der Waals surface area contributed by atoms with Crippen molar-refractivity contribution in [1.82, 2.24) is 19.5 Å². The topological polar surface area (TPSA) is 124 Å². The Kier molecular flexibility index (Phi) is 5.26. The number of urea groups is 1. The van der Waals surface area contributed by atoms with E-state index in [2.05, 4.69) is 26.2 Å². The highest BCUT2D eigenvalue weighted by Gasteiger charge is 2.38. The fourth-order valence-corrected chi connectivity index (χ4v) is 5.97. The summed E-state index contributed by atoms with van der Waals surface area (Å²) in [5.74, 6) is 0.444. The smallest absolute Gasteiger partial charge is 0.333 e. The maximum absolute atomic E-state index is 13.0. The number of ether oxygens (including phenoxy) is 2.